The van der Waals surface area contributed by atoms with E-state index in [4.69, 9.17) is 8.83 Å². The average Bonchev–Trinajstić information content (AvgIpc) is 3.24. The summed E-state index contributed by atoms with van der Waals surface area (Å²) in [5.41, 5.74) is 1.81. The molecule has 0 unspecified atom stereocenters. The van der Waals surface area contributed by atoms with Crippen molar-refractivity contribution in [1.82, 2.24) is 15.0 Å². The number of carbonyl (C=O) groups excluding carboxylic acids is 1. The Bertz CT molecular complexity index is 943. The highest BCUT2D eigenvalue weighted by molar-refractivity contribution is 6.01. The van der Waals surface area contributed by atoms with Crippen molar-refractivity contribution in [3.63, 3.8) is 0 Å². The number of oxazole rings is 1. The predicted molar refractivity (Wildman–Crippen MR) is 81.7 cm³/mol. The van der Waals surface area contributed by atoms with Gasteiger partial charge in [-0.25, -0.2) is 9.97 Å². The lowest BCUT2D eigenvalue weighted by Gasteiger charge is -2.03. The van der Waals surface area contributed by atoms with Gasteiger partial charge in [0.1, 0.15) is 5.82 Å². The van der Waals surface area contributed by atoms with Crippen LogP contribution in [0.1, 0.15) is 10.6 Å². The molecule has 4 heterocycles. The van der Waals surface area contributed by atoms with Gasteiger partial charge in [-0.1, -0.05) is 0 Å². The number of nitrogens with one attached hydrogen (secondary N) is 1. The van der Waals surface area contributed by atoms with E-state index in [9.17, 15) is 4.79 Å². The Kier molecular flexibility index (Phi) is 3.09. The fourth-order valence-corrected chi connectivity index (χ4v) is 2.11. The standard InChI is InChI=1S/C16H10N4O3/c21-15(12-4-2-8-22-12)19-13-9-10(5-7-17-13)16-20-14-11(23-16)3-1-6-18-14/h1-9H,(H,17,19,21). The molecule has 0 aromatic carbocycles. The summed E-state index contributed by atoms with van der Waals surface area (Å²) in [6.07, 6.45) is 4.65. The Morgan fingerprint density at radius 3 is 2.87 bits per heavy atom. The van der Waals surface area contributed by atoms with Crippen LogP contribution >= 0.6 is 0 Å². The number of carbonyl (C=O) groups is 1. The van der Waals surface area contributed by atoms with E-state index >= 15 is 0 Å². The van der Waals surface area contributed by atoms with Gasteiger partial charge in [-0.2, -0.15) is 4.98 Å². The smallest absolute Gasteiger partial charge is 0.292 e. The number of rotatable bonds is 3. The maximum Gasteiger partial charge on any atom is 0.292 e. The number of anilines is 1. The Hall–Kier alpha value is -3.48. The van der Waals surface area contributed by atoms with Crippen molar-refractivity contribution in [3.8, 4) is 11.5 Å². The minimum atomic E-state index is -0.376. The normalized spacial score (nSPS) is 10.8. The summed E-state index contributed by atoms with van der Waals surface area (Å²) in [4.78, 5) is 24.5. The van der Waals surface area contributed by atoms with Crippen LogP contribution in [0.15, 0.2) is 63.9 Å². The molecule has 4 aromatic heterocycles. The summed E-state index contributed by atoms with van der Waals surface area (Å²) in [7, 11) is 0. The highest BCUT2D eigenvalue weighted by Gasteiger charge is 2.12. The second kappa shape index (κ2) is 5.38. The third kappa shape index (κ3) is 2.55. The van der Waals surface area contributed by atoms with E-state index in [0.29, 0.717) is 28.5 Å². The van der Waals surface area contributed by atoms with Gasteiger partial charge in [0.25, 0.3) is 5.91 Å². The van der Waals surface area contributed by atoms with Crippen molar-refractivity contribution >= 4 is 23.0 Å². The van der Waals surface area contributed by atoms with E-state index in [0.717, 1.165) is 0 Å². The van der Waals surface area contributed by atoms with Gasteiger partial charge in [0.05, 0.1) is 6.26 Å². The zero-order valence-electron chi connectivity index (χ0n) is 11.8. The number of fused-ring (bicyclic) bond motifs is 1. The first-order chi connectivity index (χ1) is 11.3. The number of hydrogen-bond donors (Lipinski definition) is 1. The summed E-state index contributed by atoms with van der Waals surface area (Å²) < 4.78 is 10.7. The van der Waals surface area contributed by atoms with Gasteiger partial charge in [-0.15, -0.1) is 0 Å². The van der Waals surface area contributed by atoms with Crippen molar-refractivity contribution < 1.29 is 13.6 Å². The number of hydrogen-bond acceptors (Lipinski definition) is 6. The molecule has 7 nitrogen and oxygen atoms in total. The summed E-state index contributed by atoms with van der Waals surface area (Å²) in [6.45, 7) is 0. The molecule has 0 saturated carbocycles. The van der Waals surface area contributed by atoms with Crippen molar-refractivity contribution in [2.24, 2.45) is 0 Å². The minimum Gasteiger partial charge on any atom is -0.459 e. The maximum absolute atomic E-state index is 12.0. The number of amides is 1. The SMILES string of the molecule is O=C(Nc1cc(-c2nc3ncccc3o2)ccn1)c1ccco1. The highest BCUT2D eigenvalue weighted by atomic mass is 16.3. The third-order valence-electron chi connectivity index (χ3n) is 3.16. The molecule has 0 atom stereocenters. The molecule has 4 aromatic rings. The first kappa shape index (κ1) is 13.2. The minimum absolute atomic E-state index is 0.211. The predicted octanol–water partition coefficient (Wildman–Crippen LogP) is 3.13. The Morgan fingerprint density at radius 2 is 2.04 bits per heavy atom. The molecule has 23 heavy (non-hydrogen) atoms. The van der Waals surface area contributed by atoms with E-state index in [2.05, 4.69) is 20.3 Å². The van der Waals surface area contributed by atoms with E-state index in [1.807, 2.05) is 0 Å². The molecule has 0 bridgehead atoms. The summed E-state index contributed by atoms with van der Waals surface area (Å²) in [6, 6.07) is 10.2. The van der Waals surface area contributed by atoms with Gasteiger partial charge in [-0.3, -0.25) is 4.79 Å². The molecular weight excluding hydrogens is 296 g/mol. The van der Waals surface area contributed by atoms with Gasteiger partial charge in [0, 0.05) is 18.0 Å². The lowest BCUT2D eigenvalue weighted by molar-refractivity contribution is 0.0996. The second-order valence-electron chi connectivity index (χ2n) is 4.71. The van der Waals surface area contributed by atoms with Crippen LogP contribution in [0.2, 0.25) is 0 Å². The van der Waals surface area contributed by atoms with Crippen LogP contribution in [0.4, 0.5) is 5.82 Å². The van der Waals surface area contributed by atoms with E-state index in [1.54, 1.807) is 48.8 Å². The molecule has 0 fully saturated rings. The van der Waals surface area contributed by atoms with E-state index in [1.165, 1.54) is 6.26 Å². The number of furan rings is 1. The Balaban J connectivity index is 1.64. The third-order valence-corrected chi connectivity index (χ3v) is 3.16. The van der Waals surface area contributed by atoms with E-state index in [-0.39, 0.29) is 11.7 Å². The first-order valence-electron chi connectivity index (χ1n) is 6.82. The summed E-state index contributed by atoms with van der Waals surface area (Å²) in [5, 5.41) is 2.66. The molecule has 0 spiro atoms. The van der Waals surface area contributed by atoms with Crippen LogP contribution in [0.25, 0.3) is 22.7 Å². The van der Waals surface area contributed by atoms with Crippen LogP contribution in [0.5, 0.6) is 0 Å². The van der Waals surface area contributed by atoms with Crippen molar-refractivity contribution in [2.45, 2.75) is 0 Å². The van der Waals surface area contributed by atoms with Crippen LogP contribution in [0.3, 0.4) is 0 Å². The van der Waals surface area contributed by atoms with Crippen LogP contribution in [0, 0.1) is 0 Å². The molecule has 0 aliphatic heterocycles. The molecule has 4 rings (SSSR count). The quantitative estimate of drug-likeness (QED) is 0.625. The van der Waals surface area contributed by atoms with Crippen LogP contribution in [-0.4, -0.2) is 20.9 Å². The average molecular weight is 306 g/mol. The van der Waals surface area contributed by atoms with Gasteiger partial charge >= 0.3 is 0 Å². The topological polar surface area (TPSA) is 94.1 Å². The summed E-state index contributed by atoms with van der Waals surface area (Å²) in [5.74, 6) is 0.621. The van der Waals surface area contributed by atoms with Crippen molar-refractivity contribution in [3.05, 3.63) is 60.8 Å². The zero-order chi connectivity index (χ0) is 15.6. The maximum atomic E-state index is 12.0. The molecule has 7 heteroatoms. The summed E-state index contributed by atoms with van der Waals surface area (Å²) >= 11 is 0. The fraction of sp³-hybridized carbons (Fsp3) is 0. The van der Waals surface area contributed by atoms with Gasteiger partial charge in [0.15, 0.2) is 17.0 Å². The Morgan fingerprint density at radius 1 is 1.09 bits per heavy atom. The number of pyridine rings is 2. The van der Waals surface area contributed by atoms with Gasteiger partial charge in [0.2, 0.25) is 5.89 Å². The van der Waals surface area contributed by atoms with Crippen molar-refractivity contribution in [1.29, 1.82) is 0 Å². The van der Waals surface area contributed by atoms with Crippen LogP contribution < -0.4 is 5.32 Å². The first-order valence-corrected chi connectivity index (χ1v) is 6.82. The zero-order valence-corrected chi connectivity index (χ0v) is 11.8. The fourth-order valence-electron chi connectivity index (χ4n) is 2.11. The van der Waals surface area contributed by atoms with E-state index < -0.39 is 0 Å². The number of nitrogens with zero attached hydrogens (tertiary/aromatic N) is 3. The largest absolute Gasteiger partial charge is 0.459 e. The highest BCUT2D eigenvalue weighted by Crippen LogP contribution is 2.24. The monoisotopic (exact) mass is 306 g/mol. The molecule has 1 N–H and O–H groups in total. The molecule has 0 aliphatic rings. The van der Waals surface area contributed by atoms with Crippen LogP contribution in [-0.2, 0) is 0 Å². The van der Waals surface area contributed by atoms with Gasteiger partial charge in [-0.05, 0) is 36.4 Å². The van der Waals surface area contributed by atoms with Gasteiger partial charge < -0.3 is 14.2 Å². The molecule has 0 saturated heterocycles. The lowest BCUT2D eigenvalue weighted by Crippen LogP contribution is -2.11. The molecule has 0 radical (unpaired) electrons. The molecule has 112 valence electrons. The molecular formula is C16H10N4O3. The molecule has 1 amide bonds. The lowest BCUT2D eigenvalue weighted by atomic mass is 10.2. The number of aromatic nitrogens is 3. The second-order valence-corrected chi connectivity index (χ2v) is 4.71. The Labute approximate surface area is 130 Å². The molecule has 0 aliphatic carbocycles. The van der Waals surface area contributed by atoms with Crippen molar-refractivity contribution in [2.75, 3.05) is 5.32 Å².